The van der Waals surface area contributed by atoms with Crippen LogP contribution in [-0.4, -0.2) is 36.1 Å². The summed E-state index contributed by atoms with van der Waals surface area (Å²) >= 11 is 1.64. The molecular formula is C12H17NO2S. The zero-order valence-electron chi connectivity index (χ0n) is 9.69. The van der Waals surface area contributed by atoms with Gasteiger partial charge >= 0.3 is 5.97 Å². The van der Waals surface area contributed by atoms with Crippen molar-refractivity contribution in [3.63, 3.8) is 0 Å². The summed E-state index contributed by atoms with van der Waals surface area (Å²) < 4.78 is 0. The average molecular weight is 239 g/mol. The third-order valence-corrected chi connectivity index (χ3v) is 4.39. The number of piperidine rings is 1. The number of rotatable bonds is 2. The van der Waals surface area contributed by atoms with E-state index in [0.717, 1.165) is 31.5 Å². The molecule has 0 atom stereocenters. The molecule has 2 rings (SSSR count). The Balaban J connectivity index is 2.33. The second kappa shape index (κ2) is 4.18. The minimum Gasteiger partial charge on any atom is -0.481 e. The van der Waals surface area contributed by atoms with Crippen molar-refractivity contribution in [1.29, 1.82) is 0 Å². The highest BCUT2D eigenvalue weighted by Crippen LogP contribution is 2.37. The summed E-state index contributed by atoms with van der Waals surface area (Å²) in [5, 5.41) is 11.5. The number of aryl methyl sites for hydroxylation is 1. The quantitative estimate of drug-likeness (QED) is 0.859. The van der Waals surface area contributed by atoms with Crippen molar-refractivity contribution in [3.8, 4) is 0 Å². The number of thiophene rings is 1. The summed E-state index contributed by atoms with van der Waals surface area (Å²) in [6, 6.07) is 2.03. The van der Waals surface area contributed by atoms with Crippen LogP contribution in [0.15, 0.2) is 11.4 Å². The van der Waals surface area contributed by atoms with Crippen LogP contribution in [0.1, 0.15) is 23.3 Å². The molecule has 88 valence electrons. The molecule has 1 aliphatic heterocycles. The molecule has 1 aromatic heterocycles. The summed E-state index contributed by atoms with van der Waals surface area (Å²) in [6.07, 6.45) is 1.43. The lowest BCUT2D eigenvalue weighted by Gasteiger charge is -2.37. The molecule has 0 unspecified atom stereocenters. The molecule has 1 N–H and O–H groups in total. The molecule has 0 bridgehead atoms. The molecule has 0 radical (unpaired) electrons. The maximum absolute atomic E-state index is 11.6. The van der Waals surface area contributed by atoms with Gasteiger partial charge in [0.25, 0.3) is 0 Å². The normalized spacial score (nSPS) is 20.9. The molecule has 1 saturated heterocycles. The Morgan fingerprint density at radius 3 is 2.56 bits per heavy atom. The fourth-order valence-corrected chi connectivity index (χ4v) is 3.12. The number of hydrogen-bond acceptors (Lipinski definition) is 3. The number of nitrogens with zero attached hydrogens (tertiary/aromatic N) is 1. The molecular weight excluding hydrogens is 222 g/mol. The van der Waals surface area contributed by atoms with Crippen LogP contribution < -0.4 is 0 Å². The van der Waals surface area contributed by atoms with Gasteiger partial charge in [0.05, 0.1) is 5.41 Å². The maximum Gasteiger partial charge on any atom is 0.314 e. The first-order chi connectivity index (χ1) is 7.54. The Morgan fingerprint density at radius 1 is 1.50 bits per heavy atom. The topological polar surface area (TPSA) is 40.5 Å². The Hall–Kier alpha value is -0.870. The van der Waals surface area contributed by atoms with Gasteiger partial charge in [-0.25, -0.2) is 0 Å². The van der Waals surface area contributed by atoms with Crippen molar-refractivity contribution in [3.05, 3.63) is 21.9 Å². The highest BCUT2D eigenvalue weighted by Gasteiger charge is 2.42. The van der Waals surface area contributed by atoms with Gasteiger partial charge in [0.2, 0.25) is 0 Å². The minimum absolute atomic E-state index is 0.642. The Kier molecular flexibility index (Phi) is 3.04. The molecule has 16 heavy (non-hydrogen) atoms. The summed E-state index contributed by atoms with van der Waals surface area (Å²) in [5.74, 6) is -0.668. The number of aliphatic carboxylic acids is 1. The first-order valence-electron chi connectivity index (χ1n) is 5.52. The van der Waals surface area contributed by atoms with Gasteiger partial charge in [0.1, 0.15) is 0 Å². The lowest BCUT2D eigenvalue weighted by molar-refractivity contribution is -0.145. The number of hydrogen-bond donors (Lipinski definition) is 1. The average Bonchev–Trinajstić information content (AvgIpc) is 2.66. The SMILES string of the molecule is Cc1cc(C2(C(=O)O)CCN(C)CC2)cs1. The Bertz CT molecular complexity index is 391. The summed E-state index contributed by atoms with van der Waals surface area (Å²) in [4.78, 5) is 15.0. The number of likely N-dealkylation sites (tertiary alicyclic amines) is 1. The third kappa shape index (κ3) is 1.87. The van der Waals surface area contributed by atoms with E-state index in [1.54, 1.807) is 11.3 Å². The summed E-state index contributed by atoms with van der Waals surface area (Å²) in [7, 11) is 2.05. The minimum atomic E-state index is -0.668. The monoisotopic (exact) mass is 239 g/mol. The first kappa shape index (κ1) is 11.6. The van der Waals surface area contributed by atoms with Crippen LogP contribution in [-0.2, 0) is 10.2 Å². The van der Waals surface area contributed by atoms with Crippen molar-refractivity contribution in [1.82, 2.24) is 4.90 Å². The molecule has 2 heterocycles. The van der Waals surface area contributed by atoms with Crippen LogP contribution in [0.5, 0.6) is 0 Å². The van der Waals surface area contributed by atoms with Crippen LogP contribution in [0.4, 0.5) is 0 Å². The van der Waals surface area contributed by atoms with Gasteiger partial charge in [-0.05, 0) is 56.9 Å². The lowest BCUT2D eigenvalue weighted by Crippen LogP contribution is -2.45. The van der Waals surface area contributed by atoms with Gasteiger partial charge in [-0.1, -0.05) is 0 Å². The zero-order valence-corrected chi connectivity index (χ0v) is 10.5. The van der Waals surface area contributed by atoms with Crippen LogP contribution >= 0.6 is 11.3 Å². The molecule has 1 aliphatic rings. The molecule has 0 amide bonds. The predicted molar refractivity (Wildman–Crippen MR) is 65.1 cm³/mol. The van der Waals surface area contributed by atoms with E-state index in [9.17, 15) is 9.90 Å². The van der Waals surface area contributed by atoms with Gasteiger partial charge < -0.3 is 10.0 Å². The van der Waals surface area contributed by atoms with E-state index >= 15 is 0 Å². The van der Waals surface area contributed by atoms with Gasteiger partial charge in [-0.3, -0.25) is 4.79 Å². The van der Waals surface area contributed by atoms with E-state index < -0.39 is 11.4 Å². The molecule has 3 nitrogen and oxygen atoms in total. The smallest absolute Gasteiger partial charge is 0.314 e. The lowest BCUT2D eigenvalue weighted by atomic mass is 9.74. The third-order valence-electron chi connectivity index (χ3n) is 3.53. The van der Waals surface area contributed by atoms with E-state index in [2.05, 4.69) is 4.90 Å². The molecule has 4 heteroatoms. The highest BCUT2D eigenvalue weighted by atomic mass is 32.1. The fraction of sp³-hybridized carbons (Fsp3) is 0.583. The van der Waals surface area contributed by atoms with E-state index in [-0.39, 0.29) is 0 Å². The molecule has 0 spiro atoms. The van der Waals surface area contributed by atoms with Crippen LogP contribution in [0.3, 0.4) is 0 Å². The van der Waals surface area contributed by atoms with Gasteiger partial charge in [-0.15, -0.1) is 11.3 Å². The number of carboxylic acids is 1. The van der Waals surface area contributed by atoms with Crippen LogP contribution in [0.25, 0.3) is 0 Å². The largest absolute Gasteiger partial charge is 0.481 e. The highest BCUT2D eigenvalue weighted by molar-refractivity contribution is 7.10. The van der Waals surface area contributed by atoms with E-state index in [1.807, 2.05) is 25.4 Å². The van der Waals surface area contributed by atoms with Crippen LogP contribution in [0, 0.1) is 6.92 Å². The summed E-state index contributed by atoms with van der Waals surface area (Å²) in [6.45, 7) is 3.75. The number of carboxylic acid groups (broad SMARTS) is 1. The van der Waals surface area contributed by atoms with E-state index in [0.29, 0.717) is 0 Å². The summed E-state index contributed by atoms with van der Waals surface area (Å²) in [5.41, 5.74) is 0.354. The van der Waals surface area contributed by atoms with E-state index in [4.69, 9.17) is 0 Å². The Morgan fingerprint density at radius 2 is 2.12 bits per heavy atom. The van der Waals surface area contributed by atoms with Crippen molar-refractivity contribution < 1.29 is 9.90 Å². The van der Waals surface area contributed by atoms with Gasteiger partial charge in [0.15, 0.2) is 0 Å². The standard InChI is InChI=1S/C12H17NO2S/c1-9-7-10(8-16-9)12(11(14)15)3-5-13(2)6-4-12/h7-8H,3-6H2,1-2H3,(H,14,15). The second-order valence-electron chi connectivity index (χ2n) is 4.64. The first-order valence-corrected chi connectivity index (χ1v) is 6.40. The fourth-order valence-electron chi connectivity index (χ4n) is 2.32. The molecule has 0 saturated carbocycles. The molecule has 1 fully saturated rings. The predicted octanol–water partition coefficient (Wildman–Crippen LogP) is 2.10. The Labute approximate surface area is 99.7 Å². The molecule has 1 aromatic rings. The maximum atomic E-state index is 11.6. The van der Waals surface area contributed by atoms with Crippen molar-refractivity contribution in [2.45, 2.75) is 25.2 Å². The second-order valence-corrected chi connectivity index (χ2v) is 5.75. The van der Waals surface area contributed by atoms with Crippen molar-refractivity contribution in [2.24, 2.45) is 0 Å². The van der Waals surface area contributed by atoms with E-state index in [1.165, 1.54) is 4.88 Å². The van der Waals surface area contributed by atoms with Gasteiger partial charge in [-0.2, -0.15) is 0 Å². The number of carbonyl (C=O) groups is 1. The van der Waals surface area contributed by atoms with Crippen LogP contribution in [0.2, 0.25) is 0 Å². The zero-order chi connectivity index (χ0) is 11.8. The molecule has 0 aromatic carbocycles. The molecule has 0 aliphatic carbocycles. The van der Waals surface area contributed by atoms with Crippen molar-refractivity contribution in [2.75, 3.05) is 20.1 Å². The van der Waals surface area contributed by atoms with Crippen molar-refractivity contribution >= 4 is 17.3 Å². The van der Waals surface area contributed by atoms with Gasteiger partial charge in [0, 0.05) is 4.88 Å².